The molecule has 1 aromatic heterocycles. The maximum absolute atomic E-state index is 12.2. The molecule has 2 aromatic rings. The van der Waals surface area contributed by atoms with Gasteiger partial charge in [-0.3, -0.25) is 9.69 Å². The molecule has 0 saturated heterocycles. The maximum atomic E-state index is 12.2. The molecule has 1 amide bonds. The molecule has 136 valence electrons. The molecule has 1 heterocycles. The first-order valence-corrected chi connectivity index (χ1v) is 8.82. The topological polar surface area (TPSA) is 71.5 Å². The monoisotopic (exact) mass is 343 g/mol. The van der Waals surface area contributed by atoms with Crippen molar-refractivity contribution in [3.63, 3.8) is 0 Å². The van der Waals surface area contributed by atoms with E-state index in [1.807, 2.05) is 44.2 Å². The Bertz CT molecular complexity index is 655. The molecule has 2 rings (SSSR count). The first-order valence-electron chi connectivity index (χ1n) is 8.82. The summed E-state index contributed by atoms with van der Waals surface area (Å²) < 4.78 is 5.40. The van der Waals surface area contributed by atoms with Crippen LogP contribution in [0.15, 0.2) is 47.1 Å². The number of hydrogen-bond donors (Lipinski definition) is 2. The summed E-state index contributed by atoms with van der Waals surface area (Å²) in [4.78, 5) is 14.4. The molecule has 3 N–H and O–H groups in total. The van der Waals surface area contributed by atoms with E-state index in [1.165, 1.54) is 5.56 Å². The zero-order chi connectivity index (χ0) is 18.2. The van der Waals surface area contributed by atoms with Crippen molar-refractivity contribution in [3.8, 4) is 0 Å². The molecule has 1 aromatic carbocycles. The summed E-state index contributed by atoms with van der Waals surface area (Å²) in [7, 11) is 2.05. The summed E-state index contributed by atoms with van der Waals surface area (Å²) in [6.45, 7) is 6.06. The van der Waals surface area contributed by atoms with Gasteiger partial charge < -0.3 is 15.5 Å². The van der Waals surface area contributed by atoms with Crippen molar-refractivity contribution in [1.82, 2.24) is 10.2 Å². The van der Waals surface area contributed by atoms with Crippen LogP contribution in [0.3, 0.4) is 0 Å². The average molecular weight is 343 g/mol. The van der Waals surface area contributed by atoms with E-state index >= 15 is 0 Å². The zero-order valence-corrected chi connectivity index (χ0v) is 15.4. The third-order valence-electron chi connectivity index (χ3n) is 4.58. The highest BCUT2D eigenvalue weighted by atomic mass is 16.3. The van der Waals surface area contributed by atoms with Gasteiger partial charge in [0, 0.05) is 13.1 Å². The average Bonchev–Trinajstić information content (AvgIpc) is 3.12. The van der Waals surface area contributed by atoms with Crippen molar-refractivity contribution in [2.24, 2.45) is 11.7 Å². The van der Waals surface area contributed by atoms with Gasteiger partial charge in [-0.1, -0.05) is 44.5 Å². The van der Waals surface area contributed by atoms with Crippen molar-refractivity contribution in [2.75, 3.05) is 7.05 Å². The number of amides is 1. The second-order valence-corrected chi connectivity index (χ2v) is 6.65. The number of carbonyl (C=O) groups excluding carboxylic acids is 1. The largest absolute Gasteiger partial charge is 0.468 e. The highest BCUT2D eigenvalue weighted by Gasteiger charge is 2.19. The van der Waals surface area contributed by atoms with Crippen molar-refractivity contribution < 1.29 is 9.21 Å². The van der Waals surface area contributed by atoms with Crippen molar-refractivity contribution in [2.45, 2.75) is 45.9 Å². The van der Waals surface area contributed by atoms with Crippen molar-refractivity contribution in [3.05, 3.63) is 59.5 Å². The zero-order valence-electron chi connectivity index (χ0n) is 15.4. The van der Waals surface area contributed by atoms with Gasteiger partial charge in [-0.15, -0.1) is 0 Å². The van der Waals surface area contributed by atoms with E-state index in [-0.39, 0.29) is 11.8 Å². The minimum Gasteiger partial charge on any atom is -0.468 e. The van der Waals surface area contributed by atoms with Crippen LogP contribution in [0.4, 0.5) is 0 Å². The van der Waals surface area contributed by atoms with Gasteiger partial charge in [0.05, 0.1) is 18.8 Å². The smallest absolute Gasteiger partial charge is 0.237 e. The van der Waals surface area contributed by atoms with Crippen LogP contribution in [0.1, 0.15) is 37.2 Å². The van der Waals surface area contributed by atoms with Crippen LogP contribution in [0.2, 0.25) is 0 Å². The van der Waals surface area contributed by atoms with Gasteiger partial charge in [-0.2, -0.15) is 0 Å². The highest BCUT2D eigenvalue weighted by molar-refractivity contribution is 5.81. The summed E-state index contributed by atoms with van der Waals surface area (Å²) in [6, 6.07) is 11.6. The van der Waals surface area contributed by atoms with Crippen LogP contribution in [0, 0.1) is 5.92 Å². The summed E-state index contributed by atoms with van der Waals surface area (Å²) in [5.74, 6) is 1.02. The number of nitrogens with two attached hydrogens (primary N) is 1. The van der Waals surface area contributed by atoms with Crippen LogP contribution < -0.4 is 11.1 Å². The van der Waals surface area contributed by atoms with E-state index in [1.54, 1.807) is 6.26 Å². The molecular formula is C20H29N3O2. The quantitative estimate of drug-likeness (QED) is 0.734. The van der Waals surface area contributed by atoms with E-state index in [4.69, 9.17) is 10.2 Å². The first kappa shape index (κ1) is 19.2. The summed E-state index contributed by atoms with van der Waals surface area (Å²) in [6.07, 6.45) is 2.58. The minimum absolute atomic E-state index is 0.0897. The number of rotatable bonds is 9. The number of nitrogens with zero attached hydrogens (tertiary/aromatic N) is 1. The molecule has 0 aliphatic rings. The number of carbonyl (C=O) groups is 1. The third-order valence-corrected chi connectivity index (χ3v) is 4.58. The van der Waals surface area contributed by atoms with Gasteiger partial charge in [0.2, 0.25) is 5.91 Å². The molecule has 0 aliphatic carbocycles. The standard InChI is InChI=1S/C20H29N3O2/c1-4-15(2)19(21)20(24)22-12-16-8-5-6-9-17(16)13-23(3)14-18-10-7-11-25-18/h5-11,15,19H,4,12-14,21H2,1-3H3,(H,22,24). The molecule has 25 heavy (non-hydrogen) atoms. The Balaban J connectivity index is 1.94. The van der Waals surface area contributed by atoms with Crippen molar-refractivity contribution in [1.29, 1.82) is 0 Å². The Morgan fingerprint density at radius 2 is 1.92 bits per heavy atom. The van der Waals surface area contributed by atoms with Crippen molar-refractivity contribution >= 4 is 5.91 Å². The molecule has 2 unspecified atom stereocenters. The van der Waals surface area contributed by atoms with Crippen LogP contribution in [0.25, 0.3) is 0 Å². The second kappa shape index (κ2) is 9.39. The number of benzene rings is 1. The number of hydrogen-bond acceptors (Lipinski definition) is 4. The Morgan fingerprint density at radius 1 is 1.20 bits per heavy atom. The fraction of sp³-hybridized carbons (Fsp3) is 0.450. The lowest BCUT2D eigenvalue weighted by Gasteiger charge is -2.20. The Hall–Kier alpha value is -2.11. The van der Waals surface area contributed by atoms with Gasteiger partial charge in [-0.25, -0.2) is 0 Å². The molecule has 5 nitrogen and oxygen atoms in total. The van der Waals surface area contributed by atoms with E-state index < -0.39 is 6.04 Å². The number of nitrogens with one attached hydrogen (secondary N) is 1. The van der Waals surface area contributed by atoms with Crippen LogP contribution in [0.5, 0.6) is 0 Å². The second-order valence-electron chi connectivity index (χ2n) is 6.65. The summed E-state index contributed by atoms with van der Waals surface area (Å²) in [5, 5.41) is 2.97. The lowest BCUT2D eigenvalue weighted by Crippen LogP contribution is -2.44. The van der Waals surface area contributed by atoms with Crippen LogP contribution >= 0.6 is 0 Å². The van der Waals surface area contributed by atoms with Gasteiger partial charge >= 0.3 is 0 Å². The van der Waals surface area contributed by atoms with Gasteiger partial charge in [0.1, 0.15) is 5.76 Å². The molecule has 0 spiro atoms. The van der Waals surface area contributed by atoms with E-state index in [9.17, 15) is 4.79 Å². The lowest BCUT2D eigenvalue weighted by atomic mass is 9.99. The summed E-state index contributed by atoms with van der Waals surface area (Å²) in [5.41, 5.74) is 8.30. The predicted octanol–water partition coefficient (Wildman–Crippen LogP) is 2.90. The van der Waals surface area contributed by atoms with Crippen LogP contribution in [-0.4, -0.2) is 23.9 Å². The lowest BCUT2D eigenvalue weighted by molar-refractivity contribution is -0.123. The van der Waals surface area contributed by atoms with E-state index in [2.05, 4.69) is 23.3 Å². The molecule has 0 radical (unpaired) electrons. The molecule has 2 atom stereocenters. The molecule has 0 bridgehead atoms. The van der Waals surface area contributed by atoms with E-state index in [0.29, 0.717) is 6.54 Å². The Labute approximate surface area is 150 Å². The molecule has 0 fully saturated rings. The molecule has 0 saturated carbocycles. The van der Waals surface area contributed by atoms with Crippen LogP contribution in [-0.2, 0) is 24.4 Å². The Morgan fingerprint density at radius 3 is 2.56 bits per heavy atom. The molecule has 5 heteroatoms. The van der Waals surface area contributed by atoms with Gasteiger partial charge in [-0.05, 0) is 36.2 Å². The third kappa shape index (κ3) is 5.73. The SMILES string of the molecule is CCC(C)C(N)C(=O)NCc1ccccc1CN(C)Cc1ccco1. The minimum atomic E-state index is -0.459. The Kier molecular flexibility index (Phi) is 7.22. The van der Waals surface area contributed by atoms with Gasteiger partial charge in [0.25, 0.3) is 0 Å². The van der Waals surface area contributed by atoms with E-state index in [0.717, 1.165) is 30.8 Å². The van der Waals surface area contributed by atoms with Gasteiger partial charge in [0.15, 0.2) is 0 Å². The normalized spacial score (nSPS) is 13.6. The molecular weight excluding hydrogens is 314 g/mol. The fourth-order valence-electron chi connectivity index (χ4n) is 2.71. The maximum Gasteiger partial charge on any atom is 0.237 e. The predicted molar refractivity (Wildman–Crippen MR) is 99.6 cm³/mol. The first-order chi connectivity index (χ1) is 12.0. The number of furan rings is 1. The molecule has 0 aliphatic heterocycles. The fourth-order valence-corrected chi connectivity index (χ4v) is 2.71. The summed E-state index contributed by atoms with van der Waals surface area (Å²) >= 11 is 0. The highest BCUT2D eigenvalue weighted by Crippen LogP contribution is 2.14.